The van der Waals surface area contributed by atoms with Crippen molar-refractivity contribution in [3.8, 4) is 0 Å². The fourth-order valence-corrected chi connectivity index (χ4v) is 5.76. The van der Waals surface area contributed by atoms with Crippen molar-refractivity contribution in [3.63, 3.8) is 0 Å². The average Bonchev–Trinajstić information content (AvgIpc) is 2.91. The van der Waals surface area contributed by atoms with Gasteiger partial charge in [0.05, 0.1) is 10.6 Å². The van der Waals surface area contributed by atoms with Gasteiger partial charge in [-0.05, 0) is 74.2 Å². The van der Waals surface area contributed by atoms with E-state index in [-0.39, 0.29) is 23.3 Å². The Morgan fingerprint density at radius 1 is 0.897 bits per heavy atom. The number of nitrogens with one attached hydrogen (secondary N) is 1. The molecule has 0 bridgehead atoms. The highest BCUT2D eigenvalue weighted by molar-refractivity contribution is 9.10. The van der Waals surface area contributed by atoms with E-state index in [0.29, 0.717) is 12.2 Å². The van der Waals surface area contributed by atoms with Crippen molar-refractivity contribution in [2.45, 2.75) is 58.0 Å². The third-order valence-electron chi connectivity index (χ3n) is 6.52. The molecule has 2 amide bonds. The Bertz CT molecular complexity index is 1370. The van der Waals surface area contributed by atoms with Gasteiger partial charge in [0.25, 0.3) is 10.0 Å². The van der Waals surface area contributed by atoms with E-state index in [1.54, 1.807) is 43.3 Å². The van der Waals surface area contributed by atoms with E-state index in [9.17, 15) is 18.0 Å². The highest BCUT2D eigenvalue weighted by Crippen LogP contribution is 2.27. The number of carbonyl (C=O) groups excluding carboxylic acids is 2. The molecule has 0 aliphatic carbocycles. The summed E-state index contributed by atoms with van der Waals surface area (Å²) in [6.07, 6.45) is 0. The second kappa shape index (κ2) is 13.3. The van der Waals surface area contributed by atoms with Crippen molar-refractivity contribution in [2.75, 3.05) is 17.4 Å². The number of nitrogens with zero attached hydrogens (tertiary/aromatic N) is 2. The Kier molecular flexibility index (Phi) is 10.3. The summed E-state index contributed by atoms with van der Waals surface area (Å²) in [7, 11) is -4.09. The molecule has 0 fully saturated rings. The summed E-state index contributed by atoms with van der Waals surface area (Å²) in [4.78, 5) is 28.2. The summed E-state index contributed by atoms with van der Waals surface area (Å²) in [6, 6.07) is 20.4. The standard InChI is InChI=1S/C30H36BrN3O4S/c1-6-32-30(36)23(5)33(19-24-9-13-26(31)14-10-24)29(35)20-34(27-15-11-25(12-16-27)21(2)3)39(37,38)28-17-7-22(4)8-18-28/h7-18,21,23H,6,19-20H2,1-5H3,(H,32,36). The number of carbonyl (C=O) groups is 2. The molecular weight excluding hydrogens is 578 g/mol. The number of rotatable bonds is 11. The summed E-state index contributed by atoms with van der Waals surface area (Å²) in [6.45, 7) is 9.56. The first kappa shape index (κ1) is 30.4. The predicted molar refractivity (Wildman–Crippen MR) is 159 cm³/mol. The van der Waals surface area contributed by atoms with Crippen molar-refractivity contribution in [1.29, 1.82) is 0 Å². The molecule has 1 N–H and O–H groups in total. The van der Waals surface area contributed by atoms with Crippen LogP contribution in [0.5, 0.6) is 0 Å². The van der Waals surface area contributed by atoms with Gasteiger partial charge in [-0.3, -0.25) is 13.9 Å². The van der Waals surface area contributed by atoms with Crippen LogP contribution in [-0.4, -0.2) is 44.3 Å². The molecule has 39 heavy (non-hydrogen) atoms. The predicted octanol–water partition coefficient (Wildman–Crippen LogP) is 5.63. The number of likely N-dealkylation sites (N-methyl/N-ethyl adjacent to an activating group) is 1. The zero-order valence-electron chi connectivity index (χ0n) is 23.0. The van der Waals surface area contributed by atoms with Gasteiger partial charge in [0.15, 0.2) is 0 Å². The monoisotopic (exact) mass is 613 g/mol. The number of anilines is 1. The molecule has 1 atom stereocenters. The minimum Gasteiger partial charge on any atom is -0.355 e. The molecule has 1 unspecified atom stereocenters. The molecule has 208 valence electrons. The first-order valence-corrected chi connectivity index (χ1v) is 15.2. The van der Waals surface area contributed by atoms with Gasteiger partial charge in [-0.15, -0.1) is 0 Å². The van der Waals surface area contributed by atoms with Crippen LogP contribution in [0.25, 0.3) is 0 Å². The largest absolute Gasteiger partial charge is 0.355 e. The van der Waals surface area contributed by atoms with E-state index in [1.165, 1.54) is 4.90 Å². The van der Waals surface area contributed by atoms with E-state index < -0.39 is 28.5 Å². The average molecular weight is 615 g/mol. The van der Waals surface area contributed by atoms with Crippen LogP contribution in [0.15, 0.2) is 82.2 Å². The lowest BCUT2D eigenvalue weighted by molar-refractivity contribution is -0.139. The van der Waals surface area contributed by atoms with Crippen LogP contribution in [-0.2, 0) is 26.2 Å². The third-order valence-corrected chi connectivity index (χ3v) is 8.84. The number of halogens is 1. The fourth-order valence-electron chi connectivity index (χ4n) is 4.08. The Morgan fingerprint density at radius 3 is 2.03 bits per heavy atom. The molecule has 0 heterocycles. The lowest BCUT2D eigenvalue weighted by atomic mass is 10.0. The van der Waals surface area contributed by atoms with Gasteiger partial charge in [-0.25, -0.2) is 8.42 Å². The minimum atomic E-state index is -4.09. The molecule has 7 nitrogen and oxygen atoms in total. The van der Waals surface area contributed by atoms with Crippen LogP contribution in [0.1, 0.15) is 50.3 Å². The number of benzene rings is 3. The molecular formula is C30H36BrN3O4S. The Labute approximate surface area is 240 Å². The van der Waals surface area contributed by atoms with E-state index in [0.717, 1.165) is 25.5 Å². The normalized spacial score (nSPS) is 12.2. The molecule has 0 radical (unpaired) electrons. The Morgan fingerprint density at radius 2 is 1.49 bits per heavy atom. The summed E-state index contributed by atoms with van der Waals surface area (Å²) in [5.74, 6) is -0.528. The molecule has 0 saturated carbocycles. The van der Waals surface area contributed by atoms with Gasteiger partial charge in [0, 0.05) is 17.6 Å². The first-order chi connectivity index (χ1) is 18.4. The molecule has 0 aliphatic rings. The van der Waals surface area contributed by atoms with Gasteiger partial charge in [-0.2, -0.15) is 0 Å². The number of hydrogen-bond acceptors (Lipinski definition) is 4. The van der Waals surface area contributed by atoms with E-state index in [2.05, 4.69) is 35.1 Å². The summed E-state index contributed by atoms with van der Waals surface area (Å²) in [5.41, 5.74) is 3.17. The van der Waals surface area contributed by atoms with E-state index in [1.807, 2.05) is 50.2 Å². The number of aryl methyl sites for hydroxylation is 1. The maximum Gasteiger partial charge on any atom is 0.264 e. The van der Waals surface area contributed by atoms with E-state index >= 15 is 0 Å². The van der Waals surface area contributed by atoms with Gasteiger partial charge in [-0.1, -0.05) is 71.7 Å². The summed E-state index contributed by atoms with van der Waals surface area (Å²) in [5, 5.41) is 2.77. The lowest BCUT2D eigenvalue weighted by Crippen LogP contribution is -2.51. The maximum atomic E-state index is 13.9. The highest BCUT2D eigenvalue weighted by atomic mass is 79.9. The molecule has 3 rings (SSSR count). The number of amides is 2. The molecule has 0 aromatic heterocycles. The quantitative estimate of drug-likeness (QED) is 0.304. The summed E-state index contributed by atoms with van der Waals surface area (Å²) >= 11 is 3.42. The van der Waals surface area contributed by atoms with Crippen molar-refractivity contribution in [1.82, 2.24) is 10.2 Å². The van der Waals surface area contributed by atoms with Crippen molar-refractivity contribution in [2.24, 2.45) is 0 Å². The maximum absolute atomic E-state index is 13.9. The van der Waals surface area contributed by atoms with Crippen molar-refractivity contribution in [3.05, 3.63) is 94.0 Å². The number of hydrogen-bond donors (Lipinski definition) is 1. The topological polar surface area (TPSA) is 86.8 Å². The lowest BCUT2D eigenvalue weighted by Gasteiger charge is -2.32. The smallest absolute Gasteiger partial charge is 0.264 e. The van der Waals surface area contributed by atoms with Crippen molar-refractivity contribution < 1.29 is 18.0 Å². The van der Waals surface area contributed by atoms with Crippen LogP contribution < -0.4 is 9.62 Å². The van der Waals surface area contributed by atoms with E-state index in [4.69, 9.17) is 0 Å². The van der Waals surface area contributed by atoms with Crippen molar-refractivity contribution >= 4 is 43.5 Å². The molecule has 0 spiro atoms. The van der Waals surface area contributed by atoms with Crippen LogP contribution in [0.4, 0.5) is 5.69 Å². The van der Waals surface area contributed by atoms with Gasteiger partial charge in [0.1, 0.15) is 12.6 Å². The third kappa shape index (κ3) is 7.70. The van der Waals surface area contributed by atoms with Crippen LogP contribution >= 0.6 is 15.9 Å². The molecule has 0 aliphatic heterocycles. The van der Waals surface area contributed by atoms with Gasteiger partial charge >= 0.3 is 0 Å². The zero-order valence-corrected chi connectivity index (χ0v) is 25.4. The molecule has 0 saturated heterocycles. The zero-order chi connectivity index (χ0) is 28.7. The minimum absolute atomic E-state index is 0.0880. The molecule has 3 aromatic carbocycles. The fraction of sp³-hybridized carbons (Fsp3) is 0.333. The second-order valence-electron chi connectivity index (χ2n) is 9.79. The Balaban J connectivity index is 2.03. The Hall–Kier alpha value is -3.17. The van der Waals surface area contributed by atoms with Crippen LogP contribution in [0.3, 0.4) is 0 Å². The SMILES string of the molecule is CCNC(=O)C(C)N(Cc1ccc(Br)cc1)C(=O)CN(c1ccc(C(C)C)cc1)S(=O)(=O)c1ccc(C)cc1. The molecule has 3 aromatic rings. The van der Waals surface area contributed by atoms with Crippen LogP contribution in [0, 0.1) is 6.92 Å². The first-order valence-electron chi connectivity index (χ1n) is 12.9. The highest BCUT2D eigenvalue weighted by Gasteiger charge is 2.32. The molecule has 9 heteroatoms. The van der Waals surface area contributed by atoms with Gasteiger partial charge < -0.3 is 10.2 Å². The summed E-state index contributed by atoms with van der Waals surface area (Å²) < 4.78 is 29.8. The van der Waals surface area contributed by atoms with Gasteiger partial charge in [0.2, 0.25) is 11.8 Å². The second-order valence-corrected chi connectivity index (χ2v) is 12.6. The van der Waals surface area contributed by atoms with Crippen LogP contribution in [0.2, 0.25) is 0 Å². The number of sulfonamides is 1.